The highest BCUT2D eigenvalue weighted by Crippen LogP contribution is 2.60. The van der Waals surface area contributed by atoms with E-state index in [4.69, 9.17) is 0 Å². The number of carbonyl (C=O) groups is 1. The SMILES string of the molecule is O=C(O)[C@H]1NCC2C3c4ccccc4C(c4ccccc43)C21. The molecular formula is C19H17NO2. The normalized spacial score (nSPS) is 33.9. The van der Waals surface area contributed by atoms with Crippen molar-refractivity contribution in [2.45, 2.75) is 17.9 Å². The summed E-state index contributed by atoms with van der Waals surface area (Å²) >= 11 is 0. The van der Waals surface area contributed by atoms with Crippen molar-refractivity contribution in [2.24, 2.45) is 11.8 Å². The van der Waals surface area contributed by atoms with E-state index in [2.05, 4.69) is 53.8 Å². The summed E-state index contributed by atoms with van der Waals surface area (Å²) in [6, 6.07) is 16.8. The first kappa shape index (κ1) is 12.4. The van der Waals surface area contributed by atoms with Gasteiger partial charge in [-0.25, -0.2) is 0 Å². The molecule has 0 spiro atoms. The lowest BCUT2D eigenvalue weighted by atomic mass is 9.54. The molecule has 4 aliphatic rings. The quantitative estimate of drug-likeness (QED) is 0.849. The zero-order valence-corrected chi connectivity index (χ0v) is 12.1. The van der Waals surface area contributed by atoms with Gasteiger partial charge >= 0.3 is 5.97 Å². The molecule has 2 aromatic rings. The second kappa shape index (κ2) is 4.20. The molecule has 3 aliphatic carbocycles. The van der Waals surface area contributed by atoms with Crippen LogP contribution in [0.4, 0.5) is 0 Å². The lowest BCUT2D eigenvalue weighted by Gasteiger charge is -2.48. The molecule has 2 N–H and O–H groups in total. The number of carboxylic acids is 1. The van der Waals surface area contributed by atoms with Gasteiger partial charge in [0.05, 0.1) is 0 Å². The van der Waals surface area contributed by atoms with Crippen LogP contribution in [0.5, 0.6) is 0 Å². The van der Waals surface area contributed by atoms with E-state index in [1.807, 2.05) is 0 Å². The Morgan fingerprint density at radius 3 is 1.91 bits per heavy atom. The Labute approximate surface area is 129 Å². The van der Waals surface area contributed by atoms with Crippen molar-refractivity contribution in [2.75, 3.05) is 6.54 Å². The molecule has 0 amide bonds. The summed E-state index contributed by atoms with van der Waals surface area (Å²) in [6.45, 7) is 0.797. The maximum absolute atomic E-state index is 11.7. The number of hydrogen-bond donors (Lipinski definition) is 2. The second-order valence-corrected chi connectivity index (χ2v) is 6.68. The Kier molecular flexibility index (Phi) is 2.37. The zero-order chi connectivity index (χ0) is 14.8. The van der Waals surface area contributed by atoms with Crippen LogP contribution in [-0.2, 0) is 4.79 Å². The Balaban J connectivity index is 1.79. The molecule has 1 heterocycles. The molecule has 3 atom stereocenters. The zero-order valence-electron chi connectivity index (χ0n) is 12.1. The standard InChI is InChI=1S/C19H17NO2/c21-19(22)18-17-14(9-20-18)15-10-5-1-3-7-12(10)16(17)13-8-4-2-6-11(13)15/h1-8,14-18,20H,9H2,(H,21,22)/t14?,15?,16?,17?,18-/m0/s1. The minimum Gasteiger partial charge on any atom is -0.480 e. The summed E-state index contributed by atoms with van der Waals surface area (Å²) < 4.78 is 0. The van der Waals surface area contributed by atoms with Crippen LogP contribution in [0, 0.1) is 11.8 Å². The van der Waals surface area contributed by atoms with Crippen LogP contribution in [0.25, 0.3) is 0 Å². The molecule has 0 aromatic heterocycles. The van der Waals surface area contributed by atoms with Gasteiger partial charge in [-0.3, -0.25) is 4.79 Å². The van der Waals surface area contributed by atoms with E-state index in [0.29, 0.717) is 11.8 Å². The van der Waals surface area contributed by atoms with Gasteiger partial charge in [0.2, 0.25) is 0 Å². The number of rotatable bonds is 1. The van der Waals surface area contributed by atoms with Crippen LogP contribution in [-0.4, -0.2) is 23.7 Å². The fourth-order valence-electron chi connectivity index (χ4n) is 5.18. The molecule has 2 aromatic carbocycles. The largest absolute Gasteiger partial charge is 0.480 e. The Bertz CT molecular complexity index is 737. The minimum atomic E-state index is -0.713. The first-order chi connectivity index (χ1) is 10.8. The van der Waals surface area contributed by atoms with Crippen molar-refractivity contribution >= 4 is 5.97 Å². The molecule has 6 rings (SSSR count). The van der Waals surface area contributed by atoms with Crippen LogP contribution in [0.3, 0.4) is 0 Å². The van der Waals surface area contributed by atoms with E-state index in [1.54, 1.807) is 0 Å². The average Bonchev–Trinajstić information content (AvgIpc) is 3.00. The average molecular weight is 291 g/mol. The highest BCUT2D eigenvalue weighted by atomic mass is 16.4. The summed E-state index contributed by atoms with van der Waals surface area (Å²) in [4.78, 5) is 11.7. The van der Waals surface area contributed by atoms with Crippen molar-refractivity contribution < 1.29 is 9.90 Å². The van der Waals surface area contributed by atoms with Gasteiger partial charge in [-0.15, -0.1) is 0 Å². The van der Waals surface area contributed by atoms with Crippen molar-refractivity contribution in [3.05, 3.63) is 70.8 Å². The van der Waals surface area contributed by atoms with Crippen LogP contribution < -0.4 is 5.32 Å². The topological polar surface area (TPSA) is 49.3 Å². The van der Waals surface area contributed by atoms with Crippen molar-refractivity contribution in [1.82, 2.24) is 5.32 Å². The van der Waals surface area contributed by atoms with Gasteiger partial charge in [-0.2, -0.15) is 0 Å². The van der Waals surface area contributed by atoms with Crippen molar-refractivity contribution in [3.63, 3.8) is 0 Å². The number of aliphatic carboxylic acids is 1. The monoisotopic (exact) mass is 291 g/mol. The van der Waals surface area contributed by atoms with Crippen LogP contribution in [0.1, 0.15) is 34.1 Å². The van der Waals surface area contributed by atoms with Crippen molar-refractivity contribution in [3.8, 4) is 0 Å². The number of hydrogen-bond acceptors (Lipinski definition) is 2. The lowest BCUT2D eigenvalue weighted by Crippen LogP contribution is -2.44. The van der Waals surface area contributed by atoms with Gasteiger partial charge in [0, 0.05) is 24.3 Å². The molecule has 110 valence electrons. The van der Waals surface area contributed by atoms with E-state index < -0.39 is 12.0 Å². The number of nitrogens with one attached hydrogen (secondary N) is 1. The Hall–Kier alpha value is -2.13. The van der Waals surface area contributed by atoms with Gasteiger partial charge in [0.25, 0.3) is 0 Å². The fraction of sp³-hybridized carbons (Fsp3) is 0.316. The summed E-state index contributed by atoms with van der Waals surface area (Å²) in [6.07, 6.45) is 0. The smallest absolute Gasteiger partial charge is 0.321 e. The summed E-state index contributed by atoms with van der Waals surface area (Å²) in [5.41, 5.74) is 5.48. The second-order valence-electron chi connectivity index (χ2n) is 6.68. The third-order valence-corrected chi connectivity index (χ3v) is 5.86. The van der Waals surface area contributed by atoms with Crippen LogP contribution >= 0.6 is 0 Å². The molecule has 22 heavy (non-hydrogen) atoms. The molecule has 2 unspecified atom stereocenters. The first-order valence-corrected chi connectivity index (χ1v) is 7.91. The van der Waals surface area contributed by atoms with E-state index in [9.17, 15) is 9.90 Å². The summed E-state index contributed by atoms with van der Waals surface area (Å²) in [7, 11) is 0. The van der Waals surface area contributed by atoms with Crippen molar-refractivity contribution in [1.29, 1.82) is 0 Å². The molecule has 1 fully saturated rings. The molecule has 1 saturated heterocycles. The Morgan fingerprint density at radius 1 is 0.909 bits per heavy atom. The summed E-state index contributed by atoms with van der Waals surface area (Å²) in [5, 5.41) is 12.9. The third kappa shape index (κ3) is 1.37. The third-order valence-electron chi connectivity index (χ3n) is 5.86. The number of benzene rings is 2. The highest BCUT2D eigenvalue weighted by molar-refractivity contribution is 5.76. The molecule has 0 saturated carbocycles. The van der Waals surface area contributed by atoms with Crippen LogP contribution in [0.15, 0.2) is 48.5 Å². The number of carboxylic acid groups (broad SMARTS) is 1. The molecule has 3 nitrogen and oxygen atoms in total. The van der Waals surface area contributed by atoms with E-state index >= 15 is 0 Å². The maximum Gasteiger partial charge on any atom is 0.321 e. The van der Waals surface area contributed by atoms with E-state index in [-0.39, 0.29) is 11.8 Å². The first-order valence-electron chi connectivity index (χ1n) is 7.91. The Morgan fingerprint density at radius 2 is 1.41 bits per heavy atom. The van der Waals surface area contributed by atoms with Gasteiger partial charge < -0.3 is 10.4 Å². The van der Waals surface area contributed by atoms with Gasteiger partial charge in [0.15, 0.2) is 0 Å². The highest BCUT2D eigenvalue weighted by Gasteiger charge is 2.56. The lowest BCUT2D eigenvalue weighted by molar-refractivity contribution is -0.140. The molecular weight excluding hydrogens is 274 g/mol. The van der Waals surface area contributed by atoms with E-state index in [0.717, 1.165) is 6.54 Å². The van der Waals surface area contributed by atoms with E-state index in [1.165, 1.54) is 22.3 Å². The predicted octanol–water partition coefficient (Wildman–Crippen LogP) is 2.57. The molecule has 1 aliphatic heterocycles. The minimum absolute atomic E-state index is 0.160. The molecule has 3 heteroatoms. The maximum atomic E-state index is 11.7. The van der Waals surface area contributed by atoms with Gasteiger partial charge in [-0.05, 0) is 28.2 Å². The summed E-state index contributed by atoms with van der Waals surface area (Å²) in [5.74, 6) is 0.371. The molecule has 0 radical (unpaired) electrons. The van der Waals surface area contributed by atoms with Gasteiger partial charge in [-0.1, -0.05) is 48.5 Å². The van der Waals surface area contributed by atoms with Crippen LogP contribution in [0.2, 0.25) is 0 Å². The fourth-order valence-corrected chi connectivity index (χ4v) is 5.18. The molecule has 2 bridgehead atoms. The predicted molar refractivity (Wildman–Crippen MR) is 83.0 cm³/mol. The van der Waals surface area contributed by atoms with Gasteiger partial charge in [0.1, 0.15) is 6.04 Å².